The lowest BCUT2D eigenvalue weighted by Crippen LogP contribution is -2.23. The van der Waals surface area contributed by atoms with Crippen molar-refractivity contribution in [2.45, 2.75) is 24.4 Å². The molecule has 1 heterocycles. The Labute approximate surface area is 135 Å². The monoisotopic (exact) mass is 339 g/mol. The number of nitrogens with two attached hydrogens (primary N) is 1. The summed E-state index contributed by atoms with van der Waals surface area (Å²) >= 11 is -1.48. The molecule has 2 unspecified atom stereocenters. The lowest BCUT2D eigenvalue weighted by molar-refractivity contribution is -0.114. The van der Waals surface area contributed by atoms with E-state index < -0.39 is 17.4 Å². The van der Waals surface area contributed by atoms with Crippen LogP contribution in [-0.2, 0) is 22.7 Å². The van der Waals surface area contributed by atoms with E-state index in [1.165, 1.54) is 6.92 Å². The van der Waals surface area contributed by atoms with Crippen molar-refractivity contribution >= 4 is 23.0 Å². The summed E-state index contributed by atoms with van der Waals surface area (Å²) in [5, 5.41) is 15.2. The molecule has 0 aliphatic heterocycles. The quantitative estimate of drug-likeness (QED) is 0.508. The Bertz CT molecular complexity index is 648. The van der Waals surface area contributed by atoms with Crippen molar-refractivity contribution in [3.8, 4) is 0 Å². The van der Waals surface area contributed by atoms with E-state index >= 15 is 0 Å². The third-order valence-corrected chi connectivity index (χ3v) is 3.86. The summed E-state index contributed by atoms with van der Waals surface area (Å²) in [5.74, 6) is 0.229. The first-order chi connectivity index (χ1) is 11.0. The number of benzene rings is 1. The number of hydrogen-bond donors (Lipinski definition) is 4. The molecule has 2 aromatic rings. The first-order valence-corrected chi connectivity index (χ1v) is 7.86. The maximum atomic E-state index is 12.1. The van der Waals surface area contributed by atoms with Crippen molar-refractivity contribution < 1.29 is 19.0 Å². The number of hydrogen-bond acceptors (Lipinski definition) is 8. The van der Waals surface area contributed by atoms with Crippen LogP contribution in [0.1, 0.15) is 24.7 Å². The Hall–Kier alpha value is -1.98. The van der Waals surface area contributed by atoms with Gasteiger partial charge in [-0.25, -0.2) is 0 Å². The highest BCUT2D eigenvalue weighted by Crippen LogP contribution is 2.14. The van der Waals surface area contributed by atoms with Crippen LogP contribution in [-0.4, -0.2) is 32.3 Å². The fourth-order valence-corrected chi connectivity index (χ4v) is 2.45. The fraction of sp³-hybridized carbons (Fsp3) is 0.308. The molecule has 0 aliphatic rings. The normalized spacial score (nSPS) is 13.6. The SMILES string of the molecule is CC(=O)Nc1ccc([S+]([O-])NCc2nc(C(N)CO)no2)cc1. The number of aliphatic hydroxyl groups is 1. The third-order valence-electron chi connectivity index (χ3n) is 2.76. The lowest BCUT2D eigenvalue weighted by Gasteiger charge is -2.09. The number of carbonyl (C=O) groups excluding carboxylic acids is 1. The van der Waals surface area contributed by atoms with Crippen LogP contribution >= 0.6 is 0 Å². The molecule has 0 aliphatic carbocycles. The molecular weight excluding hydrogens is 322 g/mol. The van der Waals surface area contributed by atoms with E-state index in [4.69, 9.17) is 15.4 Å². The largest absolute Gasteiger partial charge is 0.593 e. The van der Waals surface area contributed by atoms with Crippen molar-refractivity contribution in [2.24, 2.45) is 5.73 Å². The molecule has 2 atom stereocenters. The average Bonchev–Trinajstić information content (AvgIpc) is 3.01. The van der Waals surface area contributed by atoms with Gasteiger partial charge in [-0.1, -0.05) is 5.16 Å². The van der Waals surface area contributed by atoms with Gasteiger partial charge in [0, 0.05) is 12.6 Å². The van der Waals surface area contributed by atoms with Gasteiger partial charge in [-0.2, -0.15) is 4.98 Å². The van der Waals surface area contributed by atoms with Gasteiger partial charge in [0.25, 0.3) is 0 Å². The van der Waals surface area contributed by atoms with E-state index in [1.807, 2.05) is 0 Å². The summed E-state index contributed by atoms with van der Waals surface area (Å²) in [7, 11) is 0. The molecule has 23 heavy (non-hydrogen) atoms. The first-order valence-electron chi connectivity index (χ1n) is 6.71. The van der Waals surface area contributed by atoms with Gasteiger partial charge in [0.1, 0.15) is 6.54 Å². The van der Waals surface area contributed by atoms with Gasteiger partial charge in [-0.05, 0) is 24.3 Å². The standard InChI is InChI=1S/C13H17N5O4S/c1-8(20)16-9-2-4-10(5-3-9)23(21)15-6-12-17-13(18-22-12)11(14)7-19/h2-5,11,15,19H,6-7,14H2,1H3,(H,16,20). The van der Waals surface area contributed by atoms with E-state index in [9.17, 15) is 9.35 Å². The Morgan fingerprint density at radius 3 is 2.78 bits per heavy atom. The van der Waals surface area contributed by atoms with Crippen molar-refractivity contribution in [3.05, 3.63) is 36.0 Å². The average molecular weight is 339 g/mol. The van der Waals surface area contributed by atoms with Gasteiger partial charge in [0.05, 0.1) is 24.0 Å². The van der Waals surface area contributed by atoms with Gasteiger partial charge in [0.2, 0.25) is 11.8 Å². The Morgan fingerprint density at radius 2 is 2.17 bits per heavy atom. The molecule has 9 nitrogen and oxygen atoms in total. The molecule has 124 valence electrons. The van der Waals surface area contributed by atoms with Crippen LogP contribution in [0.4, 0.5) is 5.69 Å². The molecule has 2 rings (SSSR count). The van der Waals surface area contributed by atoms with Gasteiger partial charge >= 0.3 is 0 Å². The van der Waals surface area contributed by atoms with Gasteiger partial charge in [-0.15, -0.1) is 4.72 Å². The summed E-state index contributed by atoms with van der Waals surface area (Å²) in [6.45, 7) is 1.21. The maximum Gasteiger partial charge on any atom is 0.245 e. The number of amides is 1. The second-order valence-corrected chi connectivity index (χ2v) is 5.93. The Kier molecular flexibility index (Phi) is 6.07. The molecule has 1 aromatic heterocycles. The van der Waals surface area contributed by atoms with Crippen LogP contribution in [0.2, 0.25) is 0 Å². The first kappa shape index (κ1) is 17.4. The van der Waals surface area contributed by atoms with Crippen LogP contribution in [0.5, 0.6) is 0 Å². The summed E-state index contributed by atoms with van der Waals surface area (Å²) in [6, 6.07) is 5.87. The molecule has 0 radical (unpaired) electrons. The predicted octanol–water partition coefficient (Wildman–Crippen LogP) is -0.167. The second-order valence-electron chi connectivity index (χ2n) is 4.63. The number of nitrogens with zero attached hydrogens (tertiary/aromatic N) is 2. The lowest BCUT2D eigenvalue weighted by atomic mass is 10.3. The van der Waals surface area contributed by atoms with Crippen molar-refractivity contribution in [1.29, 1.82) is 0 Å². The molecule has 0 saturated heterocycles. The van der Waals surface area contributed by atoms with Gasteiger partial charge in [0.15, 0.2) is 10.7 Å². The number of aliphatic hydroxyl groups excluding tert-OH is 1. The summed E-state index contributed by atoms with van der Waals surface area (Å²) in [5.41, 5.74) is 6.18. The van der Waals surface area contributed by atoms with Crippen LogP contribution < -0.4 is 15.8 Å². The van der Waals surface area contributed by atoms with E-state index in [0.717, 1.165) is 0 Å². The zero-order chi connectivity index (χ0) is 16.8. The minimum atomic E-state index is -1.48. The molecule has 0 saturated carbocycles. The van der Waals surface area contributed by atoms with Crippen LogP contribution in [0.25, 0.3) is 0 Å². The highest BCUT2D eigenvalue weighted by atomic mass is 32.2. The Balaban J connectivity index is 1.90. The van der Waals surface area contributed by atoms with E-state index in [-0.39, 0.29) is 30.8 Å². The van der Waals surface area contributed by atoms with Crippen LogP contribution in [0.3, 0.4) is 0 Å². The molecule has 0 spiro atoms. The van der Waals surface area contributed by atoms with Crippen LogP contribution in [0, 0.1) is 0 Å². The molecule has 1 aromatic carbocycles. The number of anilines is 1. The molecule has 5 N–H and O–H groups in total. The van der Waals surface area contributed by atoms with E-state index in [2.05, 4.69) is 20.2 Å². The summed E-state index contributed by atoms with van der Waals surface area (Å²) in [6.07, 6.45) is 0. The highest BCUT2D eigenvalue weighted by molar-refractivity contribution is 7.89. The topological polar surface area (TPSA) is 149 Å². The highest BCUT2D eigenvalue weighted by Gasteiger charge is 2.16. The maximum absolute atomic E-state index is 12.1. The van der Waals surface area contributed by atoms with Crippen molar-refractivity contribution in [2.75, 3.05) is 11.9 Å². The van der Waals surface area contributed by atoms with Crippen LogP contribution in [0.15, 0.2) is 33.7 Å². The fourth-order valence-electron chi connectivity index (χ4n) is 1.65. The van der Waals surface area contributed by atoms with Gasteiger partial charge in [-0.3, -0.25) is 4.79 Å². The molecular formula is C13H17N5O4S. The summed E-state index contributed by atoms with van der Waals surface area (Å²) < 4.78 is 19.8. The van der Waals surface area contributed by atoms with E-state index in [1.54, 1.807) is 24.3 Å². The second kappa shape index (κ2) is 8.04. The Morgan fingerprint density at radius 1 is 1.48 bits per heavy atom. The van der Waals surface area contributed by atoms with Crippen molar-refractivity contribution in [1.82, 2.24) is 14.9 Å². The molecule has 10 heteroatoms. The number of nitrogens with one attached hydrogen (secondary N) is 2. The predicted molar refractivity (Wildman–Crippen MR) is 82.3 cm³/mol. The zero-order valence-corrected chi connectivity index (χ0v) is 13.2. The van der Waals surface area contributed by atoms with E-state index in [0.29, 0.717) is 10.6 Å². The number of carbonyl (C=O) groups is 1. The minimum absolute atomic E-state index is 0.0885. The summed E-state index contributed by atoms with van der Waals surface area (Å²) in [4.78, 5) is 15.5. The van der Waals surface area contributed by atoms with Crippen molar-refractivity contribution in [3.63, 3.8) is 0 Å². The molecule has 0 fully saturated rings. The third kappa shape index (κ3) is 5.01. The minimum Gasteiger partial charge on any atom is -0.593 e. The molecule has 1 amide bonds. The zero-order valence-electron chi connectivity index (χ0n) is 12.4. The number of aromatic nitrogens is 2. The molecule has 0 bridgehead atoms. The smallest absolute Gasteiger partial charge is 0.245 e. The number of rotatable bonds is 7. The van der Waals surface area contributed by atoms with Gasteiger partial charge < -0.3 is 25.2 Å².